The van der Waals surface area contributed by atoms with Gasteiger partial charge in [-0.25, -0.2) is 4.98 Å². The quantitative estimate of drug-likeness (QED) is 0.774. The molecular weight excluding hydrogens is 288 g/mol. The maximum atomic E-state index is 12.2. The van der Waals surface area contributed by atoms with Gasteiger partial charge in [0, 0.05) is 31.9 Å². The fraction of sp³-hybridized carbons (Fsp3) is 0.600. The monoisotopic (exact) mass is 310 g/mol. The number of nitrogens with one attached hydrogen (secondary N) is 2. The number of nitrogens with zero attached hydrogens (tertiary/aromatic N) is 2. The van der Waals surface area contributed by atoms with E-state index in [1.165, 1.54) is 19.0 Å². The second-order valence-electron chi connectivity index (χ2n) is 5.44. The molecule has 1 aromatic heterocycles. The van der Waals surface area contributed by atoms with E-state index in [9.17, 15) is 4.79 Å². The maximum absolute atomic E-state index is 12.2. The predicted molar refractivity (Wildman–Crippen MR) is 86.0 cm³/mol. The Kier molecular flexibility index (Phi) is 5.82. The molecule has 0 saturated heterocycles. The standard InChI is InChI=1S/C15H23ClN4O/c1-3-6-17-14-9-12(13(16)10-19-14)15(21)18-7-8-20(2)11-4-5-11/h9-11H,3-8H2,1-2H3,(H,17,19)(H,18,21). The Morgan fingerprint density at radius 3 is 2.90 bits per heavy atom. The van der Waals surface area contributed by atoms with Gasteiger partial charge in [-0.05, 0) is 32.4 Å². The molecule has 1 fully saturated rings. The molecule has 21 heavy (non-hydrogen) atoms. The summed E-state index contributed by atoms with van der Waals surface area (Å²) in [5.41, 5.74) is 0.472. The van der Waals surface area contributed by atoms with Gasteiger partial charge >= 0.3 is 0 Å². The molecule has 0 atom stereocenters. The van der Waals surface area contributed by atoms with Crippen LogP contribution in [-0.4, -0.2) is 48.5 Å². The fourth-order valence-electron chi connectivity index (χ4n) is 2.10. The van der Waals surface area contributed by atoms with Gasteiger partial charge in [0.1, 0.15) is 5.82 Å². The van der Waals surface area contributed by atoms with Crippen molar-refractivity contribution in [3.8, 4) is 0 Å². The van der Waals surface area contributed by atoms with Crippen LogP contribution in [0, 0.1) is 0 Å². The lowest BCUT2D eigenvalue weighted by molar-refractivity contribution is 0.0949. The molecule has 0 bridgehead atoms. The minimum absolute atomic E-state index is 0.147. The van der Waals surface area contributed by atoms with E-state index in [0.717, 1.165) is 19.5 Å². The number of pyridine rings is 1. The smallest absolute Gasteiger partial charge is 0.253 e. The van der Waals surface area contributed by atoms with E-state index in [4.69, 9.17) is 11.6 Å². The van der Waals surface area contributed by atoms with Crippen molar-refractivity contribution in [3.63, 3.8) is 0 Å². The Morgan fingerprint density at radius 2 is 2.24 bits per heavy atom. The number of hydrogen-bond acceptors (Lipinski definition) is 4. The minimum Gasteiger partial charge on any atom is -0.370 e. The Balaban J connectivity index is 1.87. The fourth-order valence-corrected chi connectivity index (χ4v) is 2.29. The van der Waals surface area contributed by atoms with Crippen molar-refractivity contribution < 1.29 is 4.79 Å². The van der Waals surface area contributed by atoms with Crippen LogP contribution in [0.2, 0.25) is 5.02 Å². The summed E-state index contributed by atoms with van der Waals surface area (Å²) < 4.78 is 0. The molecule has 1 aliphatic rings. The molecule has 0 radical (unpaired) electrons. The molecule has 0 spiro atoms. The van der Waals surface area contributed by atoms with Gasteiger partial charge in [-0.1, -0.05) is 18.5 Å². The summed E-state index contributed by atoms with van der Waals surface area (Å²) in [5.74, 6) is 0.535. The average molecular weight is 311 g/mol. The molecule has 1 aliphatic carbocycles. The zero-order valence-corrected chi connectivity index (χ0v) is 13.4. The first-order valence-corrected chi connectivity index (χ1v) is 7.87. The third-order valence-electron chi connectivity index (χ3n) is 3.58. The van der Waals surface area contributed by atoms with Crippen LogP contribution in [-0.2, 0) is 0 Å². The van der Waals surface area contributed by atoms with Crippen LogP contribution in [0.1, 0.15) is 36.5 Å². The molecular formula is C15H23ClN4O. The van der Waals surface area contributed by atoms with Crippen molar-refractivity contribution in [1.29, 1.82) is 0 Å². The van der Waals surface area contributed by atoms with Crippen LogP contribution in [0.25, 0.3) is 0 Å². The van der Waals surface area contributed by atoms with Crippen LogP contribution < -0.4 is 10.6 Å². The molecule has 0 aromatic carbocycles. The maximum Gasteiger partial charge on any atom is 0.253 e. The van der Waals surface area contributed by atoms with Gasteiger partial charge in [-0.3, -0.25) is 4.79 Å². The van der Waals surface area contributed by atoms with Crippen molar-refractivity contribution in [1.82, 2.24) is 15.2 Å². The van der Waals surface area contributed by atoms with E-state index in [-0.39, 0.29) is 5.91 Å². The summed E-state index contributed by atoms with van der Waals surface area (Å²) in [6, 6.07) is 2.41. The third kappa shape index (κ3) is 4.86. The largest absolute Gasteiger partial charge is 0.370 e. The van der Waals surface area contributed by atoms with Crippen LogP contribution in [0.3, 0.4) is 0 Å². The summed E-state index contributed by atoms with van der Waals surface area (Å²) in [7, 11) is 2.09. The average Bonchev–Trinajstić information content (AvgIpc) is 3.30. The zero-order chi connectivity index (χ0) is 15.2. The number of rotatable bonds is 8. The topological polar surface area (TPSA) is 57.3 Å². The molecule has 1 heterocycles. The SMILES string of the molecule is CCCNc1cc(C(=O)NCCN(C)C2CC2)c(Cl)cn1. The summed E-state index contributed by atoms with van der Waals surface area (Å²) in [6.45, 7) is 4.39. The molecule has 1 aromatic rings. The van der Waals surface area contributed by atoms with E-state index in [0.29, 0.717) is 29.0 Å². The van der Waals surface area contributed by atoms with Crippen molar-refractivity contribution >= 4 is 23.3 Å². The highest BCUT2D eigenvalue weighted by molar-refractivity contribution is 6.33. The van der Waals surface area contributed by atoms with Gasteiger partial charge in [-0.15, -0.1) is 0 Å². The van der Waals surface area contributed by atoms with Gasteiger partial charge in [0.05, 0.1) is 10.6 Å². The Labute approximate surface area is 131 Å². The van der Waals surface area contributed by atoms with Crippen molar-refractivity contribution in [2.75, 3.05) is 32.0 Å². The number of carbonyl (C=O) groups is 1. The van der Waals surface area contributed by atoms with Crippen molar-refractivity contribution in [2.24, 2.45) is 0 Å². The predicted octanol–water partition coefficient (Wildman–Crippen LogP) is 2.38. The van der Waals surface area contributed by atoms with Crippen LogP contribution in [0.15, 0.2) is 12.3 Å². The summed E-state index contributed by atoms with van der Waals surface area (Å²) in [4.78, 5) is 18.6. The first-order valence-electron chi connectivity index (χ1n) is 7.49. The van der Waals surface area contributed by atoms with Gasteiger partial charge in [0.2, 0.25) is 0 Å². The second kappa shape index (κ2) is 7.61. The van der Waals surface area contributed by atoms with E-state index in [2.05, 4.69) is 34.5 Å². The molecule has 2 N–H and O–H groups in total. The van der Waals surface area contributed by atoms with Gasteiger partial charge < -0.3 is 15.5 Å². The molecule has 1 saturated carbocycles. The Bertz CT molecular complexity index is 491. The number of amides is 1. The number of anilines is 1. The number of halogens is 1. The molecule has 2 rings (SSSR count). The number of likely N-dealkylation sites (N-methyl/N-ethyl adjacent to an activating group) is 1. The summed E-state index contributed by atoms with van der Waals surface area (Å²) in [5, 5.41) is 6.45. The lowest BCUT2D eigenvalue weighted by atomic mass is 10.2. The lowest BCUT2D eigenvalue weighted by Gasteiger charge is -2.16. The Hall–Kier alpha value is -1.33. The lowest BCUT2D eigenvalue weighted by Crippen LogP contribution is -2.34. The van der Waals surface area contributed by atoms with Gasteiger partial charge in [0.15, 0.2) is 0 Å². The third-order valence-corrected chi connectivity index (χ3v) is 3.88. The molecule has 1 amide bonds. The van der Waals surface area contributed by atoms with E-state index >= 15 is 0 Å². The number of aromatic nitrogens is 1. The van der Waals surface area contributed by atoms with Crippen LogP contribution >= 0.6 is 11.6 Å². The molecule has 0 unspecified atom stereocenters. The van der Waals surface area contributed by atoms with Gasteiger partial charge in [0.25, 0.3) is 5.91 Å². The molecule has 0 aliphatic heterocycles. The van der Waals surface area contributed by atoms with Gasteiger partial charge in [-0.2, -0.15) is 0 Å². The Morgan fingerprint density at radius 1 is 1.48 bits per heavy atom. The molecule has 6 heteroatoms. The van der Waals surface area contributed by atoms with E-state index in [1.807, 2.05) is 0 Å². The van der Waals surface area contributed by atoms with Crippen LogP contribution in [0.4, 0.5) is 5.82 Å². The minimum atomic E-state index is -0.147. The van der Waals surface area contributed by atoms with Crippen LogP contribution in [0.5, 0.6) is 0 Å². The number of hydrogen-bond donors (Lipinski definition) is 2. The van der Waals surface area contributed by atoms with E-state index < -0.39 is 0 Å². The van der Waals surface area contributed by atoms with E-state index in [1.54, 1.807) is 6.07 Å². The number of carbonyl (C=O) groups excluding carboxylic acids is 1. The highest BCUT2D eigenvalue weighted by Crippen LogP contribution is 2.24. The summed E-state index contributed by atoms with van der Waals surface area (Å²) >= 11 is 6.07. The highest BCUT2D eigenvalue weighted by Gasteiger charge is 2.25. The first kappa shape index (κ1) is 16.0. The molecule has 116 valence electrons. The summed E-state index contributed by atoms with van der Waals surface area (Å²) in [6.07, 6.45) is 5.06. The molecule has 5 nitrogen and oxygen atoms in total. The van der Waals surface area contributed by atoms with Crippen molar-refractivity contribution in [2.45, 2.75) is 32.2 Å². The second-order valence-corrected chi connectivity index (χ2v) is 5.85. The normalized spacial score (nSPS) is 14.3. The van der Waals surface area contributed by atoms with Crippen molar-refractivity contribution in [3.05, 3.63) is 22.8 Å². The highest BCUT2D eigenvalue weighted by atomic mass is 35.5. The first-order chi connectivity index (χ1) is 10.1. The zero-order valence-electron chi connectivity index (χ0n) is 12.7.